The number of ether oxygens (including phenoxy) is 3. The van der Waals surface area contributed by atoms with Crippen molar-refractivity contribution < 1.29 is 33.4 Å². The lowest BCUT2D eigenvalue weighted by Crippen LogP contribution is -2.51. The molecule has 0 radical (unpaired) electrons. The van der Waals surface area contributed by atoms with E-state index in [1.807, 2.05) is 57.2 Å². The Kier molecular flexibility index (Phi) is 10.9. The van der Waals surface area contributed by atoms with Crippen LogP contribution in [0.1, 0.15) is 64.2 Å². The second-order valence-electron chi connectivity index (χ2n) is 12.2. The lowest BCUT2D eigenvalue weighted by molar-refractivity contribution is -0.161. The Labute approximate surface area is 264 Å². The summed E-state index contributed by atoms with van der Waals surface area (Å²) in [6, 6.07) is 12.7. The Bertz CT molecular complexity index is 1370. The molecule has 2 aromatic carbocycles. The first-order chi connectivity index (χ1) is 20.9. The number of hydrogen-bond acceptors (Lipinski definition) is 7. The SMILES string of the molecule is CCOC(=O)C(=O)N1CCC(N2CCOC(c3ccccc3OC)c3cc(Cl)ccc3N(CC(C)(C)C)C(=O)CC2=O)CC1. The summed E-state index contributed by atoms with van der Waals surface area (Å²) in [7, 11) is 1.60. The van der Waals surface area contributed by atoms with Crippen LogP contribution < -0.4 is 9.64 Å². The zero-order valence-corrected chi connectivity index (χ0v) is 26.9. The molecule has 2 aliphatic heterocycles. The summed E-state index contributed by atoms with van der Waals surface area (Å²) < 4.78 is 17.2. The predicted molar refractivity (Wildman–Crippen MR) is 167 cm³/mol. The molecule has 0 aliphatic carbocycles. The van der Waals surface area contributed by atoms with Gasteiger partial charge in [0.25, 0.3) is 0 Å². The number of rotatable bonds is 5. The van der Waals surface area contributed by atoms with Crippen LogP contribution in [0, 0.1) is 5.41 Å². The van der Waals surface area contributed by atoms with Crippen LogP contribution in [0.3, 0.4) is 0 Å². The van der Waals surface area contributed by atoms with Gasteiger partial charge in [-0.05, 0) is 49.4 Å². The van der Waals surface area contributed by atoms with Crippen molar-refractivity contribution in [3.63, 3.8) is 0 Å². The van der Waals surface area contributed by atoms with E-state index in [4.69, 9.17) is 25.8 Å². The Morgan fingerprint density at radius 3 is 2.36 bits per heavy atom. The Morgan fingerprint density at radius 2 is 1.70 bits per heavy atom. The minimum atomic E-state index is -0.878. The molecule has 2 heterocycles. The topological polar surface area (TPSA) is 106 Å². The average molecular weight is 628 g/mol. The third-order valence-electron chi connectivity index (χ3n) is 7.80. The van der Waals surface area contributed by atoms with Crippen LogP contribution in [0.2, 0.25) is 5.02 Å². The van der Waals surface area contributed by atoms with Crippen molar-refractivity contribution in [2.45, 2.75) is 59.1 Å². The van der Waals surface area contributed by atoms with Gasteiger partial charge in [0.2, 0.25) is 11.8 Å². The maximum absolute atomic E-state index is 14.0. The first kappa shape index (κ1) is 33.3. The fraction of sp³-hybridized carbons (Fsp3) is 0.515. The van der Waals surface area contributed by atoms with Crippen molar-refractivity contribution in [2.75, 3.05) is 51.4 Å². The number of likely N-dealkylation sites (tertiary alicyclic amines) is 1. The molecule has 0 saturated carbocycles. The van der Waals surface area contributed by atoms with Gasteiger partial charge in [-0.3, -0.25) is 14.4 Å². The van der Waals surface area contributed by atoms with E-state index in [1.54, 1.807) is 29.9 Å². The molecule has 0 N–H and O–H groups in total. The van der Waals surface area contributed by atoms with Crippen LogP contribution in [0.5, 0.6) is 5.75 Å². The van der Waals surface area contributed by atoms with Gasteiger partial charge < -0.3 is 28.9 Å². The number of carbonyl (C=O) groups excluding carboxylic acids is 4. The van der Waals surface area contributed by atoms with Crippen LogP contribution in [0.4, 0.5) is 5.69 Å². The molecule has 2 aromatic rings. The Hall–Kier alpha value is -3.63. The number of esters is 1. The van der Waals surface area contributed by atoms with Gasteiger partial charge in [-0.25, -0.2) is 4.79 Å². The smallest absolute Gasteiger partial charge is 0.397 e. The van der Waals surface area contributed by atoms with Gasteiger partial charge in [-0.15, -0.1) is 0 Å². The summed E-state index contributed by atoms with van der Waals surface area (Å²) >= 11 is 6.53. The Morgan fingerprint density at radius 1 is 1.00 bits per heavy atom. The first-order valence-electron chi connectivity index (χ1n) is 15.0. The van der Waals surface area contributed by atoms with E-state index in [2.05, 4.69) is 0 Å². The monoisotopic (exact) mass is 627 g/mol. The third-order valence-corrected chi connectivity index (χ3v) is 8.03. The van der Waals surface area contributed by atoms with Crippen molar-refractivity contribution in [2.24, 2.45) is 5.41 Å². The fourth-order valence-corrected chi connectivity index (χ4v) is 5.98. The van der Waals surface area contributed by atoms with Crippen LogP contribution in [-0.2, 0) is 28.7 Å². The molecule has 3 amide bonds. The number of nitrogens with zero attached hydrogens (tertiary/aromatic N) is 3. The largest absolute Gasteiger partial charge is 0.496 e. The summed E-state index contributed by atoms with van der Waals surface area (Å²) in [5, 5.41) is 0.493. The van der Waals surface area contributed by atoms with E-state index < -0.39 is 18.0 Å². The quantitative estimate of drug-likeness (QED) is 0.271. The van der Waals surface area contributed by atoms with Gasteiger partial charge in [0, 0.05) is 54.1 Å². The van der Waals surface area contributed by atoms with Crippen LogP contribution in [0.25, 0.3) is 0 Å². The molecular weight excluding hydrogens is 586 g/mol. The zero-order valence-electron chi connectivity index (χ0n) is 26.1. The number of methoxy groups -OCH3 is 1. The molecule has 44 heavy (non-hydrogen) atoms. The molecule has 1 saturated heterocycles. The average Bonchev–Trinajstić information content (AvgIpc) is 3.00. The van der Waals surface area contributed by atoms with Gasteiger partial charge >= 0.3 is 11.9 Å². The van der Waals surface area contributed by atoms with E-state index in [-0.39, 0.29) is 49.5 Å². The molecular formula is C33H42ClN3O7. The van der Waals surface area contributed by atoms with E-state index in [9.17, 15) is 19.2 Å². The normalized spacial score (nSPS) is 18.9. The second-order valence-corrected chi connectivity index (χ2v) is 12.7. The molecule has 238 valence electrons. The molecule has 0 spiro atoms. The van der Waals surface area contributed by atoms with Gasteiger partial charge in [0.05, 0.1) is 20.3 Å². The highest BCUT2D eigenvalue weighted by Crippen LogP contribution is 2.40. The van der Waals surface area contributed by atoms with E-state index in [0.29, 0.717) is 54.5 Å². The minimum Gasteiger partial charge on any atom is -0.496 e. The maximum Gasteiger partial charge on any atom is 0.397 e. The molecule has 0 bridgehead atoms. The first-order valence-corrected chi connectivity index (χ1v) is 15.4. The number of anilines is 1. The van der Waals surface area contributed by atoms with Crippen LogP contribution in [-0.4, -0.2) is 86.0 Å². The highest BCUT2D eigenvalue weighted by atomic mass is 35.5. The molecule has 4 rings (SSSR count). The second kappa shape index (κ2) is 14.4. The number of fused-ring (bicyclic) bond motifs is 1. The summed E-state index contributed by atoms with van der Waals surface area (Å²) in [5.41, 5.74) is 1.81. The Balaban J connectivity index is 1.70. The molecule has 11 heteroatoms. The molecule has 10 nitrogen and oxygen atoms in total. The zero-order chi connectivity index (χ0) is 32.0. The van der Waals surface area contributed by atoms with E-state index in [0.717, 1.165) is 5.56 Å². The highest BCUT2D eigenvalue weighted by Gasteiger charge is 2.36. The summed E-state index contributed by atoms with van der Waals surface area (Å²) in [6.45, 7) is 9.25. The van der Waals surface area contributed by atoms with Gasteiger partial charge in [0.15, 0.2) is 0 Å². The van der Waals surface area contributed by atoms with Crippen molar-refractivity contribution in [3.05, 3.63) is 58.6 Å². The number of carbonyl (C=O) groups is 4. The highest BCUT2D eigenvalue weighted by molar-refractivity contribution is 6.32. The lowest BCUT2D eigenvalue weighted by Gasteiger charge is -2.38. The molecule has 1 fully saturated rings. The van der Waals surface area contributed by atoms with Crippen molar-refractivity contribution >= 4 is 41.0 Å². The van der Waals surface area contributed by atoms with Crippen LogP contribution in [0.15, 0.2) is 42.5 Å². The number of benzene rings is 2. The number of amides is 3. The van der Waals surface area contributed by atoms with Crippen molar-refractivity contribution in [1.29, 1.82) is 0 Å². The summed E-state index contributed by atoms with van der Waals surface area (Å²) in [5.74, 6) is -1.56. The van der Waals surface area contributed by atoms with Crippen molar-refractivity contribution in [3.8, 4) is 5.75 Å². The molecule has 1 atom stereocenters. The maximum atomic E-state index is 14.0. The standard InChI is InChI=1S/C33H42ClN3O7/c1-6-43-32(41)31(40)35-15-13-23(14-16-35)36-17-18-44-30(24-9-7-8-10-27(24)42-5)25-19-22(34)11-12-26(25)37(21-33(2,3)4)29(39)20-28(36)38/h7-12,19,23,30H,6,13-18,20-21H2,1-5H3. The fourth-order valence-electron chi connectivity index (χ4n) is 5.80. The number of halogens is 1. The summed E-state index contributed by atoms with van der Waals surface area (Å²) in [4.78, 5) is 57.1. The number of para-hydroxylation sites is 1. The van der Waals surface area contributed by atoms with Gasteiger partial charge in [0.1, 0.15) is 18.3 Å². The van der Waals surface area contributed by atoms with Crippen molar-refractivity contribution in [1.82, 2.24) is 9.80 Å². The number of piperidine rings is 1. The minimum absolute atomic E-state index is 0.121. The predicted octanol–water partition coefficient (Wildman–Crippen LogP) is 4.62. The van der Waals surface area contributed by atoms with Crippen LogP contribution >= 0.6 is 11.6 Å². The molecule has 2 aliphatic rings. The van der Waals surface area contributed by atoms with E-state index in [1.165, 1.54) is 4.90 Å². The van der Waals surface area contributed by atoms with E-state index >= 15 is 0 Å². The lowest BCUT2D eigenvalue weighted by atomic mass is 9.93. The number of hydrogen-bond donors (Lipinski definition) is 0. The summed E-state index contributed by atoms with van der Waals surface area (Å²) in [6.07, 6.45) is -0.0425. The van der Waals surface area contributed by atoms with Gasteiger partial charge in [-0.1, -0.05) is 50.6 Å². The third kappa shape index (κ3) is 7.90. The molecule has 0 aromatic heterocycles. The molecule has 1 unspecified atom stereocenters. The van der Waals surface area contributed by atoms with Gasteiger partial charge in [-0.2, -0.15) is 0 Å².